The normalized spacial score (nSPS) is 6.29. The number of benzene rings is 1. The Labute approximate surface area is 159 Å². The van der Waals surface area contributed by atoms with Gasteiger partial charge in [0.25, 0.3) is 0 Å². The van der Waals surface area contributed by atoms with Crippen LogP contribution in [0.25, 0.3) is 0 Å². The number of methoxy groups -OCH3 is 1. The zero-order chi connectivity index (χ0) is 20.4. The first-order chi connectivity index (χ1) is 11.7. The van der Waals surface area contributed by atoms with Crippen molar-refractivity contribution in [3.8, 4) is 10.6 Å². The second-order valence-electron chi connectivity index (χ2n) is 2.94. The summed E-state index contributed by atoms with van der Waals surface area (Å²) in [6.07, 6.45) is 0. The molecular formula is C16H17CrNO5Se. The molecule has 24 heavy (non-hydrogen) atoms. The van der Waals surface area contributed by atoms with Crippen molar-refractivity contribution in [1.82, 2.24) is 4.90 Å². The van der Waals surface area contributed by atoms with E-state index < -0.39 is 0 Å². The molecule has 0 heterocycles. The van der Waals surface area contributed by atoms with Gasteiger partial charge in [0.05, 0.1) is 0 Å². The number of hydrogen-bond acceptors (Lipinski definition) is 2. The second-order valence-corrected chi connectivity index (χ2v) is 4.21. The molecule has 0 saturated carbocycles. The van der Waals surface area contributed by atoms with Gasteiger partial charge in [0.2, 0.25) is 0 Å². The van der Waals surface area contributed by atoms with Gasteiger partial charge in [0.15, 0.2) is 0 Å². The van der Waals surface area contributed by atoms with Crippen LogP contribution in [-0.2, 0) is 34.3 Å². The van der Waals surface area contributed by atoms with Crippen molar-refractivity contribution in [2.75, 3.05) is 20.2 Å². The van der Waals surface area contributed by atoms with Gasteiger partial charge in [-0.15, -0.1) is 0 Å². The number of rotatable bonds is 3. The monoisotopic (exact) mass is 435 g/mol. The predicted molar refractivity (Wildman–Crippen MR) is 80.9 cm³/mol. The summed E-state index contributed by atoms with van der Waals surface area (Å²) in [4.78, 5) is 4.98. The maximum absolute atomic E-state index is 7.50. The molecule has 1 aromatic rings. The number of hydrogen-bond donors (Lipinski definition) is 0. The fraction of sp³-hybridized carbons (Fsp3) is 0.312. The third-order valence-corrected chi connectivity index (χ3v) is 2.93. The van der Waals surface area contributed by atoms with Crippen LogP contribution in [0.4, 0.5) is 0 Å². The fourth-order valence-corrected chi connectivity index (χ4v) is 1.62. The topological polar surface area (TPSA) is 92.1 Å². The van der Waals surface area contributed by atoms with Gasteiger partial charge in [-0.2, -0.15) is 0 Å². The molecule has 0 bridgehead atoms. The van der Waals surface area contributed by atoms with Crippen LogP contribution in [0.3, 0.4) is 0 Å². The van der Waals surface area contributed by atoms with Crippen LogP contribution in [0.5, 0.6) is 5.75 Å². The van der Waals surface area contributed by atoms with E-state index in [2.05, 4.69) is 81.8 Å². The molecule has 0 aliphatic rings. The molecule has 6 nitrogen and oxygen atoms in total. The third kappa shape index (κ3) is 28.9. The van der Waals surface area contributed by atoms with E-state index in [4.69, 9.17) is 23.3 Å². The average molecular weight is 434 g/mol. The first kappa shape index (κ1) is 34.2. The van der Waals surface area contributed by atoms with Gasteiger partial charge in [-0.05, 0) is 0 Å². The van der Waals surface area contributed by atoms with E-state index in [1.54, 1.807) is 7.11 Å². The summed E-state index contributed by atoms with van der Waals surface area (Å²) in [7, 11) is 1.66. The van der Waals surface area contributed by atoms with Gasteiger partial charge in [-0.3, -0.25) is 0 Å². The minimum atomic E-state index is 0.897. The zero-order valence-electron chi connectivity index (χ0n) is 13.5. The molecule has 1 aromatic carbocycles. The molecule has 8 heteroatoms. The molecule has 0 N–H and O–H groups in total. The summed E-state index contributed by atoms with van der Waals surface area (Å²) < 4.78 is 36.1. The molecule has 128 valence electrons. The molecule has 0 saturated heterocycles. The van der Waals surface area contributed by atoms with E-state index in [1.807, 2.05) is 24.3 Å². The van der Waals surface area contributed by atoms with Crippen molar-refractivity contribution in [2.24, 2.45) is 0 Å². The first-order valence-corrected chi connectivity index (χ1v) is 7.42. The van der Waals surface area contributed by atoms with Gasteiger partial charge in [0.1, 0.15) is 0 Å². The fourth-order valence-electron chi connectivity index (χ4n) is 0.928. The number of ether oxygens (including phenoxy) is 1. The van der Waals surface area contributed by atoms with Crippen LogP contribution in [0.2, 0.25) is 0 Å². The van der Waals surface area contributed by atoms with E-state index in [0.29, 0.717) is 0 Å². The van der Waals surface area contributed by atoms with Gasteiger partial charge >= 0.3 is 160 Å². The van der Waals surface area contributed by atoms with Gasteiger partial charge < -0.3 is 0 Å². The van der Waals surface area contributed by atoms with E-state index >= 15 is 0 Å². The average Bonchev–Trinajstić information content (AvgIpc) is 2.70. The van der Waals surface area contributed by atoms with E-state index in [9.17, 15) is 0 Å². The maximum atomic E-state index is 7.50. The van der Waals surface area contributed by atoms with Crippen LogP contribution >= 0.6 is 0 Å². The van der Waals surface area contributed by atoms with Crippen LogP contribution in [0.1, 0.15) is 13.8 Å². The predicted octanol–water partition coefficient (Wildman–Crippen LogP) is 1.13. The summed E-state index contributed by atoms with van der Waals surface area (Å²) in [6, 6.07) is 7.79. The quantitative estimate of drug-likeness (QED) is 0.309. The minimum absolute atomic E-state index is 0.897. The molecule has 0 aliphatic carbocycles. The summed E-state index contributed by atoms with van der Waals surface area (Å²) in [5, 5.41) is 0. The van der Waals surface area contributed by atoms with Crippen LogP contribution in [-0.4, -0.2) is 41.1 Å². The van der Waals surface area contributed by atoms with Crippen LogP contribution in [0.15, 0.2) is 24.3 Å². The Balaban J connectivity index is -0.0000000719. The molecule has 0 spiro atoms. The van der Waals surface area contributed by atoms with Crippen molar-refractivity contribution < 1.29 is 39.0 Å². The van der Waals surface area contributed by atoms with Crippen molar-refractivity contribution in [2.45, 2.75) is 13.8 Å². The summed E-state index contributed by atoms with van der Waals surface area (Å²) in [6.45, 7) is 24.3. The molecular weight excluding hydrogens is 417 g/mol. The molecule has 0 unspecified atom stereocenters. The summed E-state index contributed by atoms with van der Waals surface area (Å²) in [5.74, 6) is 0.897. The van der Waals surface area contributed by atoms with Crippen molar-refractivity contribution in [3.05, 3.63) is 50.9 Å². The summed E-state index contributed by atoms with van der Waals surface area (Å²) >= 11 is 5.62. The molecule has 0 atom stereocenters. The summed E-state index contributed by atoms with van der Waals surface area (Å²) in [5.41, 5.74) is 0. The molecule has 0 aliphatic heterocycles. The Bertz CT molecular complexity index is 449. The first-order valence-electron chi connectivity index (χ1n) is 5.93. The van der Waals surface area contributed by atoms with Crippen molar-refractivity contribution >= 4 is 20.5 Å². The van der Waals surface area contributed by atoms with Gasteiger partial charge in [-0.1, -0.05) is 0 Å². The van der Waals surface area contributed by atoms with Crippen LogP contribution < -0.4 is 9.20 Å². The Kier molecular flexibility index (Phi) is 53.8. The van der Waals surface area contributed by atoms with E-state index in [-0.39, 0.29) is 0 Å². The molecule has 0 aromatic heterocycles. The molecule has 1 rings (SSSR count). The van der Waals surface area contributed by atoms with Crippen molar-refractivity contribution in [3.63, 3.8) is 0 Å². The van der Waals surface area contributed by atoms with E-state index in [0.717, 1.165) is 23.3 Å². The Morgan fingerprint density at radius 3 is 1.46 bits per heavy atom. The Hall–Kier alpha value is -1.23. The second kappa shape index (κ2) is 37.8. The SMILES string of the molecule is CCN([C]#[Cr])CC.COc1ccc([Se])cc1.[C-]#[O+].[C-]#[O+].[C-]#[O+].[C-]#[O+]. The Morgan fingerprint density at radius 2 is 1.29 bits per heavy atom. The van der Waals surface area contributed by atoms with E-state index in [1.165, 1.54) is 0 Å². The Morgan fingerprint density at radius 1 is 0.958 bits per heavy atom. The zero-order valence-corrected chi connectivity index (χ0v) is 16.5. The van der Waals surface area contributed by atoms with Crippen molar-refractivity contribution in [1.29, 1.82) is 0 Å². The van der Waals surface area contributed by atoms with Gasteiger partial charge in [0, 0.05) is 0 Å². The molecule has 0 amide bonds. The molecule has 0 fully saturated rings. The van der Waals surface area contributed by atoms with Crippen LogP contribution in [0, 0.1) is 31.4 Å². The standard InChI is InChI=1S/C7H7OSe.C5H10N.4CO.Cr/c1-8-6-2-4-7(9)5-3-6;1-4-6(3)5-2;4*1-2;/h2-5H,1H3;4-5H2,1-2H3;;;;;. The van der Waals surface area contributed by atoms with Gasteiger partial charge in [-0.25, -0.2) is 0 Å². The third-order valence-electron chi connectivity index (χ3n) is 1.95. The molecule has 1 radical (unpaired) electrons. The number of nitrogens with zero attached hydrogens (tertiary/aromatic N) is 1.